The average Bonchev–Trinajstić information content (AvgIpc) is 3.49. The minimum atomic E-state index is -3.33. The molecule has 0 N–H and O–H groups in total. The first-order chi connectivity index (χ1) is 16.7. The quantitative estimate of drug-likeness (QED) is 0.289. The smallest absolute Gasteiger partial charge is 0.206 e. The second kappa shape index (κ2) is 9.04. The molecule has 0 aliphatic heterocycles. The summed E-state index contributed by atoms with van der Waals surface area (Å²) in [7, 11) is -3.33. The third kappa shape index (κ3) is 4.60. The van der Waals surface area contributed by atoms with E-state index < -0.39 is 15.3 Å². The molecule has 35 heavy (non-hydrogen) atoms. The van der Waals surface area contributed by atoms with Gasteiger partial charge in [-0.3, -0.25) is 9.78 Å². The second-order valence-corrected chi connectivity index (χ2v) is 11.9. The number of rotatable bonds is 8. The molecule has 0 atom stereocenters. The lowest BCUT2D eigenvalue weighted by Gasteiger charge is -2.17. The van der Waals surface area contributed by atoms with Gasteiger partial charge in [-0.25, -0.2) is 13.4 Å². The molecule has 9 heteroatoms. The molecule has 1 aliphatic carbocycles. The van der Waals surface area contributed by atoms with Gasteiger partial charge in [-0.1, -0.05) is 42.3 Å². The predicted molar refractivity (Wildman–Crippen MR) is 135 cm³/mol. The average molecular weight is 529 g/mol. The van der Waals surface area contributed by atoms with Crippen molar-refractivity contribution in [2.75, 3.05) is 5.75 Å². The highest BCUT2D eigenvalue weighted by Gasteiger charge is 2.52. The van der Waals surface area contributed by atoms with Gasteiger partial charge in [-0.2, -0.15) is 0 Å². The number of Topliss-reactive ketones (excluding diaryl/α,β-unsaturated/α-hetero) is 1. The maximum atomic E-state index is 12.7. The fraction of sp³-hybridized carbons (Fsp3) is 0.269. The van der Waals surface area contributed by atoms with Crippen LogP contribution >= 0.6 is 23.2 Å². The lowest BCUT2D eigenvalue weighted by atomic mass is 9.93. The third-order valence-electron chi connectivity index (χ3n) is 6.35. The molecule has 1 aliphatic rings. The van der Waals surface area contributed by atoms with E-state index in [-0.39, 0.29) is 29.3 Å². The van der Waals surface area contributed by atoms with Crippen LogP contribution in [0.1, 0.15) is 42.5 Å². The SMILES string of the molecule is CCS(=O)(=O)c1ccc(CC(=O)Cc2cc(Cl)c(C3(c4nc5ccccc5o4)CC3)c(Cl)c2)nc1. The fourth-order valence-electron chi connectivity index (χ4n) is 4.32. The topological polar surface area (TPSA) is 90.1 Å². The van der Waals surface area contributed by atoms with Gasteiger partial charge in [-0.15, -0.1) is 0 Å². The van der Waals surface area contributed by atoms with Gasteiger partial charge in [0.2, 0.25) is 5.89 Å². The number of para-hydroxylation sites is 2. The Morgan fingerprint density at radius 1 is 1.06 bits per heavy atom. The van der Waals surface area contributed by atoms with Crippen LogP contribution in [-0.2, 0) is 32.9 Å². The second-order valence-electron chi connectivity index (χ2n) is 8.78. The Morgan fingerprint density at radius 2 is 1.77 bits per heavy atom. The summed E-state index contributed by atoms with van der Waals surface area (Å²) >= 11 is 13.4. The van der Waals surface area contributed by atoms with Crippen LogP contribution in [0.2, 0.25) is 10.0 Å². The molecule has 1 saturated carbocycles. The van der Waals surface area contributed by atoms with Crippen molar-refractivity contribution >= 4 is 49.9 Å². The number of halogens is 2. The number of ketones is 1. The molecule has 0 amide bonds. The summed E-state index contributed by atoms with van der Waals surface area (Å²) in [4.78, 5) is 21.7. The fourth-order valence-corrected chi connectivity index (χ4v) is 6.03. The van der Waals surface area contributed by atoms with E-state index >= 15 is 0 Å². The summed E-state index contributed by atoms with van der Waals surface area (Å²) in [6, 6.07) is 14.2. The largest absolute Gasteiger partial charge is 0.440 e. The van der Waals surface area contributed by atoms with Gasteiger partial charge in [0.1, 0.15) is 11.3 Å². The molecule has 0 radical (unpaired) electrons. The monoisotopic (exact) mass is 528 g/mol. The minimum Gasteiger partial charge on any atom is -0.440 e. The summed E-state index contributed by atoms with van der Waals surface area (Å²) in [5.41, 5.74) is 3.03. The molecule has 2 aromatic heterocycles. The van der Waals surface area contributed by atoms with Crippen molar-refractivity contribution in [3.8, 4) is 0 Å². The lowest BCUT2D eigenvalue weighted by molar-refractivity contribution is -0.117. The van der Waals surface area contributed by atoms with E-state index in [4.69, 9.17) is 27.6 Å². The highest BCUT2D eigenvalue weighted by molar-refractivity contribution is 7.91. The van der Waals surface area contributed by atoms with Gasteiger partial charge in [0.15, 0.2) is 15.4 Å². The van der Waals surface area contributed by atoms with Crippen LogP contribution in [0.25, 0.3) is 11.1 Å². The van der Waals surface area contributed by atoms with Crippen LogP contribution in [0.3, 0.4) is 0 Å². The maximum Gasteiger partial charge on any atom is 0.206 e. The minimum absolute atomic E-state index is 0.00182. The first-order valence-corrected chi connectivity index (χ1v) is 13.7. The first-order valence-electron chi connectivity index (χ1n) is 11.3. The highest BCUT2D eigenvalue weighted by Crippen LogP contribution is 2.57. The van der Waals surface area contributed by atoms with Gasteiger partial charge in [0.05, 0.1) is 16.1 Å². The summed E-state index contributed by atoms with van der Waals surface area (Å²) in [5, 5.41) is 0.958. The van der Waals surface area contributed by atoms with Crippen molar-refractivity contribution in [1.29, 1.82) is 0 Å². The van der Waals surface area contributed by atoms with E-state index in [1.807, 2.05) is 24.3 Å². The van der Waals surface area contributed by atoms with Crippen molar-refractivity contribution < 1.29 is 17.6 Å². The van der Waals surface area contributed by atoms with E-state index in [0.29, 0.717) is 27.2 Å². The zero-order valence-electron chi connectivity index (χ0n) is 18.9. The van der Waals surface area contributed by atoms with E-state index in [9.17, 15) is 13.2 Å². The zero-order valence-corrected chi connectivity index (χ0v) is 21.3. The maximum absolute atomic E-state index is 12.7. The Balaban J connectivity index is 1.34. The molecule has 180 valence electrons. The standard InChI is InChI=1S/C26H22Cl2N2O4S/c1-2-35(32,33)19-8-7-17(29-15-19)14-18(31)11-16-12-20(27)24(21(28)13-16)26(9-10-26)25-30-22-5-3-4-6-23(22)34-25/h3-8,12-13,15H,2,9-11,14H2,1H3. The molecule has 1 fully saturated rings. The number of carbonyl (C=O) groups is 1. The third-order valence-corrected chi connectivity index (χ3v) is 8.67. The molecule has 0 bridgehead atoms. The number of fused-ring (bicyclic) bond motifs is 1. The number of aromatic nitrogens is 2. The molecule has 2 aromatic carbocycles. The van der Waals surface area contributed by atoms with Gasteiger partial charge in [0, 0.05) is 40.3 Å². The molecule has 2 heterocycles. The van der Waals surface area contributed by atoms with E-state index in [1.54, 1.807) is 25.1 Å². The number of carbonyl (C=O) groups excluding carboxylic acids is 1. The van der Waals surface area contributed by atoms with Crippen LogP contribution in [0.15, 0.2) is 64.0 Å². The number of benzene rings is 2. The van der Waals surface area contributed by atoms with Gasteiger partial charge in [0.25, 0.3) is 0 Å². The summed E-state index contributed by atoms with van der Waals surface area (Å²) in [5.74, 6) is 0.521. The number of oxazole rings is 1. The van der Waals surface area contributed by atoms with Crippen LogP contribution in [0.5, 0.6) is 0 Å². The Kier molecular flexibility index (Phi) is 6.20. The molecule has 0 spiro atoms. The van der Waals surface area contributed by atoms with Crippen molar-refractivity contribution in [1.82, 2.24) is 9.97 Å². The molecule has 5 rings (SSSR count). The normalized spacial score (nSPS) is 14.8. The Bertz CT molecular complexity index is 1490. The lowest BCUT2D eigenvalue weighted by Crippen LogP contribution is -2.13. The van der Waals surface area contributed by atoms with Crippen LogP contribution < -0.4 is 0 Å². The van der Waals surface area contributed by atoms with E-state index in [1.165, 1.54) is 12.3 Å². The van der Waals surface area contributed by atoms with E-state index in [2.05, 4.69) is 9.97 Å². The Morgan fingerprint density at radius 3 is 2.37 bits per heavy atom. The number of hydrogen-bond acceptors (Lipinski definition) is 6. The van der Waals surface area contributed by atoms with Gasteiger partial charge < -0.3 is 4.42 Å². The van der Waals surface area contributed by atoms with Gasteiger partial charge >= 0.3 is 0 Å². The van der Waals surface area contributed by atoms with Crippen molar-refractivity contribution in [2.45, 2.75) is 42.9 Å². The molecule has 0 saturated heterocycles. The number of sulfone groups is 1. The Labute approximate surface area is 213 Å². The van der Waals surface area contributed by atoms with Crippen LogP contribution in [-0.4, -0.2) is 29.9 Å². The number of pyridine rings is 1. The van der Waals surface area contributed by atoms with Crippen LogP contribution in [0, 0.1) is 0 Å². The molecular formula is C26H22Cl2N2O4S. The van der Waals surface area contributed by atoms with Crippen molar-refractivity contribution in [3.63, 3.8) is 0 Å². The molecule has 0 unspecified atom stereocenters. The summed E-state index contributed by atoms with van der Waals surface area (Å²) in [6.07, 6.45) is 3.16. The Hall–Kier alpha value is -2.74. The summed E-state index contributed by atoms with van der Waals surface area (Å²) in [6.45, 7) is 1.58. The molecular weight excluding hydrogens is 507 g/mol. The van der Waals surface area contributed by atoms with Crippen molar-refractivity contribution in [3.05, 3.63) is 87.5 Å². The van der Waals surface area contributed by atoms with Crippen LogP contribution in [0.4, 0.5) is 0 Å². The molecule has 4 aromatic rings. The number of nitrogens with zero attached hydrogens (tertiary/aromatic N) is 2. The highest BCUT2D eigenvalue weighted by atomic mass is 35.5. The summed E-state index contributed by atoms with van der Waals surface area (Å²) < 4.78 is 29.9. The zero-order chi connectivity index (χ0) is 24.8. The number of hydrogen-bond donors (Lipinski definition) is 0. The van der Waals surface area contributed by atoms with E-state index in [0.717, 1.165) is 29.5 Å². The van der Waals surface area contributed by atoms with Crippen molar-refractivity contribution in [2.24, 2.45) is 0 Å². The van der Waals surface area contributed by atoms with Gasteiger partial charge in [-0.05, 0) is 54.8 Å². The predicted octanol–water partition coefficient (Wildman–Crippen LogP) is 5.76. The molecule has 6 nitrogen and oxygen atoms in total. The first kappa shape index (κ1) is 24.0.